The van der Waals surface area contributed by atoms with Gasteiger partial charge in [-0.2, -0.15) is 0 Å². The second-order valence-electron chi connectivity index (χ2n) is 3.39. The monoisotopic (exact) mass is 180 g/mol. The van der Waals surface area contributed by atoms with E-state index in [1.165, 1.54) is 0 Å². The van der Waals surface area contributed by atoms with Crippen LogP contribution in [-0.4, -0.2) is 16.2 Å². The molecule has 72 valence electrons. The van der Waals surface area contributed by atoms with Gasteiger partial charge in [-0.1, -0.05) is 6.07 Å². The Labute approximate surface area is 78.6 Å². The average Bonchev–Trinajstić information content (AvgIpc) is 2.03. The lowest BCUT2D eigenvalue weighted by molar-refractivity contribution is 0.164. The van der Waals surface area contributed by atoms with Gasteiger partial charge in [-0.15, -0.1) is 0 Å². The van der Waals surface area contributed by atoms with Gasteiger partial charge in [0.1, 0.15) is 0 Å². The Morgan fingerprint density at radius 2 is 2.00 bits per heavy atom. The third-order valence-corrected chi connectivity index (χ3v) is 2.14. The summed E-state index contributed by atoms with van der Waals surface area (Å²) in [5.41, 5.74) is 8.58. The van der Waals surface area contributed by atoms with Crippen LogP contribution in [0.15, 0.2) is 12.1 Å². The second-order valence-corrected chi connectivity index (χ2v) is 3.39. The van der Waals surface area contributed by atoms with E-state index in [2.05, 4.69) is 4.98 Å². The summed E-state index contributed by atoms with van der Waals surface area (Å²) in [5.74, 6) is 0. The molecule has 0 aliphatic carbocycles. The zero-order valence-corrected chi connectivity index (χ0v) is 8.28. The maximum absolute atomic E-state index is 9.32. The molecule has 0 fully saturated rings. The molecule has 3 nitrogen and oxygen atoms in total. The Balaban J connectivity index is 3.01. The van der Waals surface area contributed by atoms with Gasteiger partial charge in [0, 0.05) is 11.4 Å². The summed E-state index contributed by atoms with van der Waals surface area (Å²) < 4.78 is 0. The minimum absolute atomic E-state index is 0.340. The number of pyridine rings is 1. The van der Waals surface area contributed by atoms with E-state index in [9.17, 15) is 5.11 Å². The van der Waals surface area contributed by atoms with Crippen molar-refractivity contribution >= 4 is 0 Å². The molecule has 0 spiro atoms. The van der Waals surface area contributed by atoms with Crippen LogP contribution in [0, 0.1) is 13.8 Å². The highest BCUT2D eigenvalue weighted by Crippen LogP contribution is 2.17. The van der Waals surface area contributed by atoms with Crippen molar-refractivity contribution in [2.45, 2.75) is 32.9 Å². The summed E-state index contributed by atoms with van der Waals surface area (Å²) in [5, 5.41) is 9.32. The fourth-order valence-corrected chi connectivity index (χ4v) is 1.31. The minimum atomic E-state index is -0.539. The number of hydrogen-bond donors (Lipinski definition) is 2. The second kappa shape index (κ2) is 3.85. The van der Waals surface area contributed by atoms with Crippen molar-refractivity contribution in [2.24, 2.45) is 5.73 Å². The van der Waals surface area contributed by atoms with Crippen molar-refractivity contribution in [3.63, 3.8) is 0 Å². The number of aliphatic hydroxyl groups is 1. The number of hydrogen-bond acceptors (Lipinski definition) is 3. The molecule has 0 bridgehead atoms. The van der Waals surface area contributed by atoms with E-state index >= 15 is 0 Å². The first-order chi connectivity index (χ1) is 6.02. The molecule has 0 saturated heterocycles. The Hall–Kier alpha value is -0.930. The van der Waals surface area contributed by atoms with Gasteiger partial charge in [-0.3, -0.25) is 4.98 Å². The smallest absolute Gasteiger partial charge is 0.0705 e. The summed E-state index contributed by atoms with van der Waals surface area (Å²) in [6.45, 7) is 5.53. The lowest BCUT2D eigenvalue weighted by Gasteiger charge is -2.16. The largest absolute Gasteiger partial charge is 0.391 e. The molecule has 0 aromatic carbocycles. The molecule has 0 amide bonds. The summed E-state index contributed by atoms with van der Waals surface area (Å²) in [7, 11) is 0. The van der Waals surface area contributed by atoms with Crippen LogP contribution in [0.1, 0.15) is 29.9 Å². The van der Waals surface area contributed by atoms with Crippen molar-refractivity contribution < 1.29 is 5.11 Å². The summed E-state index contributed by atoms with van der Waals surface area (Å²) in [6, 6.07) is 3.49. The number of aliphatic hydroxyl groups excluding tert-OH is 1. The van der Waals surface area contributed by atoms with Crippen LogP contribution in [0.5, 0.6) is 0 Å². The molecule has 2 atom stereocenters. The van der Waals surface area contributed by atoms with E-state index in [1.54, 1.807) is 6.92 Å². The third kappa shape index (κ3) is 2.26. The first-order valence-electron chi connectivity index (χ1n) is 4.40. The van der Waals surface area contributed by atoms with Gasteiger partial charge >= 0.3 is 0 Å². The fourth-order valence-electron chi connectivity index (χ4n) is 1.31. The molecule has 0 aliphatic heterocycles. The Morgan fingerprint density at radius 3 is 2.46 bits per heavy atom. The fraction of sp³-hybridized carbons (Fsp3) is 0.500. The molecule has 13 heavy (non-hydrogen) atoms. The molecule has 1 aromatic heterocycles. The molecule has 1 heterocycles. The van der Waals surface area contributed by atoms with Crippen molar-refractivity contribution in [1.82, 2.24) is 4.98 Å². The molecule has 1 rings (SSSR count). The first-order valence-corrected chi connectivity index (χ1v) is 4.40. The predicted octanol–water partition coefficient (Wildman–Crippen LogP) is 1.08. The van der Waals surface area contributed by atoms with Crippen molar-refractivity contribution in [1.29, 1.82) is 0 Å². The van der Waals surface area contributed by atoms with Gasteiger partial charge in [-0.25, -0.2) is 0 Å². The van der Waals surface area contributed by atoms with Gasteiger partial charge in [0.15, 0.2) is 0 Å². The third-order valence-electron chi connectivity index (χ3n) is 2.14. The van der Waals surface area contributed by atoms with Crippen LogP contribution in [0.3, 0.4) is 0 Å². The number of nitrogens with zero attached hydrogens (tertiary/aromatic N) is 1. The van der Waals surface area contributed by atoms with E-state index in [-0.39, 0.29) is 6.04 Å². The van der Waals surface area contributed by atoms with Crippen LogP contribution in [0.25, 0.3) is 0 Å². The van der Waals surface area contributed by atoms with Gasteiger partial charge < -0.3 is 10.8 Å². The highest BCUT2D eigenvalue weighted by molar-refractivity contribution is 5.25. The standard InChI is InChI=1S/C10H16N2O/c1-6-4-5-9(7(2)12-6)10(11)8(3)13/h4-5,8,10,13H,11H2,1-3H3/t8-,10-/m1/s1. The first kappa shape index (κ1) is 10.2. The maximum atomic E-state index is 9.32. The van der Waals surface area contributed by atoms with Gasteiger partial charge in [0.2, 0.25) is 0 Å². The van der Waals surface area contributed by atoms with Crippen LogP contribution < -0.4 is 5.73 Å². The van der Waals surface area contributed by atoms with E-state index in [1.807, 2.05) is 26.0 Å². The van der Waals surface area contributed by atoms with E-state index in [0.717, 1.165) is 17.0 Å². The summed E-state index contributed by atoms with van der Waals surface area (Å²) >= 11 is 0. The molecule has 1 aromatic rings. The van der Waals surface area contributed by atoms with Crippen molar-refractivity contribution in [3.8, 4) is 0 Å². The summed E-state index contributed by atoms with van der Waals surface area (Å²) in [6.07, 6.45) is -0.539. The molecule has 0 radical (unpaired) electrons. The number of rotatable bonds is 2. The lowest BCUT2D eigenvalue weighted by atomic mass is 10.0. The maximum Gasteiger partial charge on any atom is 0.0705 e. The van der Waals surface area contributed by atoms with E-state index in [4.69, 9.17) is 5.73 Å². The molecule has 0 unspecified atom stereocenters. The van der Waals surface area contributed by atoms with Crippen LogP contribution >= 0.6 is 0 Å². The number of aromatic nitrogens is 1. The molecule has 3 heteroatoms. The lowest BCUT2D eigenvalue weighted by Crippen LogP contribution is -2.24. The zero-order valence-electron chi connectivity index (χ0n) is 8.28. The summed E-state index contributed by atoms with van der Waals surface area (Å²) in [4.78, 5) is 4.29. The molecule has 0 aliphatic rings. The Bertz CT molecular complexity index is 297. The normalized spacial score (nSPS) is 15.5. The van der Waals surface area contributed by atoms with Gasteiger partial charge in [0.05, 0.1) is 12.1 Å². The minimum Gasteiger partial charge on any atom is -0.391 e. The van der Waals surface area contributed by atoms with Crippen molar-refractivity contribution in [2.75, 3.05) is 0 Å². The zero-order chi connectivity index (χ0) is 10.0. The average molecular weight is 180 g/mol. The molecule has 0 saturated carbocycles. The Kier molecular flexibility index (Phi) is 3.01. The molecular formula is C10H16N2O. The highest BCUT2D eigenvalue weighted by Gasteiger charge is 2.14. The number of nitrogens with two attached hydrogens (primary N) is 1. The predicted molar refractivity (Wildman–Crippen MR) is 52.3 cm³/mol. The van der Waals surface area contributed by atoms with E-state index < -0.39 is 6.10 Å². The van der Waals surface area contributed by atoms with Crippen LogP contribution in [0.2, 0.25) is 0 Å². The van der Waals surface area contributed by atoms with Crippen molar-refractivity contribution in [3.05, 3.63) is 29.1 Å². The van der Waals surface area contributed by atoms with Gasteiger partial charge in [0.25, 0.3) is 0 Å². The van der Waals surface area contributed by atoms with E-state index in [0.29, 0.717) is 0 Å². The van der Waals surface area contributed by atoms with Gasteiger partial charge in [-0.05, 0) is 32.4 Å². The van der Waals surface area contributed by atoms with Crippen LogP contribution in [-0.2, 0) is 0 Å². The molecule has 3 N–H and O–H groups in total. The quantitative estimate of drug-likeness (QED) is 0.716. The number of aryl methyl sites for hydroxylation is 2. The van der Waals surface area contributed by atoms with Crippen LogP contribution in [0.4, 0.5) is 0 Å². The SMILES string of the molecule is Cc1ccc([C@H](N)[C@@H](C)O)c(C)n1. The topological polar surface area (TPSA) is 59.1 Å². The highest BCUT2D eigenvalue weighted by atomic mass is 16.3. The Morgan fingerprint density at radius 1 is 1.38 bits per heavy atom. The molecular weight excluding hydrogens is 164 g/mol.